The lowest BCUT2D eigenvalue weighted by atomic mass is 9.96. The maximum Gasteiger partial charge on any atom is 0.345 e. The van der Waals surface area contributed by atoms with Gasteiger partial charge in [-0.05, 0) is 18.6 Å². The van der Waals surface area contributed by atoms with Crippen molar-refractivity contribution in [3.05, 3.63) is 77.2 Å². The van der Waals surface area contributed by atoms with Crippen molar-refractivity contribution in [3.8, 4) is 0 Å². The molecule has 1 aliphatic rings. The Balaban J connectivity index is 0.00000324. The standard InChI is InChI=1S/C24H27N5O3S.ClH/c1-17(19-8-5-9-20(16-19)21(31)18-6-3-2-4-7-18)22-27-28-24(32-22)26-23(25-10-13-30)29-11-14-33-15-12-29;/h2-9,16-17,30H,10-15H2,1H3,(H,25,26,28);1H. The minimum Gasteiger partial charge on any atom is -0.406 e. The molecule has 4 rings (SSSR count). The lowest BCUT2D eigenvalue weighted by Crippen LogP contribution is -2.46. The fraction of sp³-hybridized carbons (Fsp3) is 0.333. The normalized spacial score (nSPS) is 14.9. The van der Waals surface area contributed by atoms with Crippen molar-refractivity contribution in [2.75, 3.05) is 37.7 Å². The van der Waals surface area contributed by atoms with Crippen LogP contribution in [-0.2, 0) is 0 Å². The van der Waals surface area contributed by atoms with Crippen LogP contribution in [0.15, 0.2) is 64.0 Å². The Morgan fingerprint density at radius 2 is 1.88 bits per heavy atom. The van der Waals surface area contributed by atoms with Crippen LogP contribution in [0.1, 0.15) is 40.2 Å². The number of nitrogens with one attached hydrogen (secondary N) is 1. The number of aliphatic hydroxyl groups excluding tert-OH is 1. The fourth-order valence-corrected chi connectivity index (χ4v) is 4.45. The van der Waals surface area contributed by atoms with Crippen molar-refractivity contribution in [3.63, 3.8) is 0 Å². The van der Waals surface area contributed by atoms with E-state index in [1.807, 2.05) is 73.3 Å². The first-order chi connectivity index (χ1) is 16.2. The maximum absolute atomic E-state index is 12.8. The highest BCUT2D eigenvalue weighted by Gasteiger charge is 2.20. The SMILES string of the molecule is CC(c1cccc(C(=O)c2ccccc2)c1)c1nnc(/N=C(\NCCO)N2CCSCC2)o1.Cl. The smallest absolute Gasteiger partial charge is 0.345 e. The third kappa shape index (κ3) is 6.37. The number of benzene rings is 2. The van der Waals surface area contributed by atoms with Crippen LogP contribution in [0.25, 0.3) is 0 Å². The van der Waals surface area contributed by atoms with Gasteiger partial charge in [0.05, 0.1) is 12.5 Å². The molecule has 1 atom stereocenters. The van der Waals surface area contributed by atoms with Gasteiger partial charge in [-0.25, -0.2) is 0 Å². The molecule has 0 amide bonds. The number of guanidine groups is 1. The molecule has 1 aliphatic heterocycles. The molecule has 2 N–H and O–H groups in total. The van der Waals surface area contributed by atoms with Gasteiger partial charge in [-0.15, -0.1) is 17.5 Å². The zero-order chi connectivity index (χ0) is 23.0. The number of aliphatic hydroxyl groups is 1. The number of carbonyl (C=O) groups is 1. The van der Waals surface area contributed by atoms with Crippen LogP contribution in [0.2, 0.25) is 0 Å². The van der Waals surface area contributed by atoms with Gasteiger partial charge < -0.3 is 19.7 Å². The van der Waals surface area contributed by atoms with Crippen LogP contribution >= 0.6 is 24.2 Å². The summed E-state index contributed by atoms with van der Waals surface area (Å²) in [7, 11) is 0. The van der Waals surface area contributed by atoms with Crippen LogP contribution in [0.5, 0.6) is 0 Å². The van der Waals surface area contributed by atoms with E-state index in [0.717, 1.165) is 30.2 Å². The van der Waals surface area contributed by atoms with Gasteiger partial charge in [-0.2, -0.15) is 16.8 Å². The monoisotopic (exact) mass is 501 g/mol. The molecular formula is C24H28ClN5O3S. The van der Waals surface area contributed by atoms with Crippen LogP contribution < -0.4 is 5.32 Å². The number of halogens is 1. The molecule has 0 radical (unpaired) electrons. The second-order valence-corrected chi connectivity index (χ2v) is 8.88. The molecule has 2 aromatic carbocycles. The van der Waals surface area contributed by atoms with Crippen molar-refractivity contribution < 1.29 is 14.3 Å². The minimum atomic E-state index is -0.204. The van der Waals surface area contributed by atoms with Crippen LogP contribution in [0, 0.1) is 0 Å². The highest BCUT2D eigenvalue weighted by molar-refractivity contribution is 7.99. The summed E-state index contributed by atoms with van der Waals surface area (Å²) in [5, 5.41) is 20.6. The molecule has 1 fully saturated rings. The van der Waals surface area contributed by atoms with Crippen molar-refractivity contribution >= 4 is 41.9 Å². The summed E-state index contributed by atoms with van der Waals surface area (Å²) >= 11 is 1.90. The molecule has 1 saturated heterocycles. The molecule has 0 bridgehead atoms. The van der Waals surface area contributed by atoms with Gasteiger partial charge in [0.1, 0.15) is 0 Å². The van der Waals surface area contributed by atoms with Crippen molar-refractivity contribution in [1.82, 2.24) is 20.4 Å². The molecule has 8 nitrogen and oxygen atoms in total. The second-order valence-electron chi connectivity index (χ2n) is 7.65. The number of aliphatic imine (C=N–C) groups is 1. The number of rotatable bonds is 7. The summed E-state index contributed by atoms with van der Waals surface area (Å²) in [5.41, 5.74) is 2.17. The van der Waals surface area contributed by atoms with Crippen LogP contribution in [0.3, 0.4) is 0 Å². The zero-order valence-electron chi connectivity index (χ0n) is 18.9. The number of hydrogen-bond acceptors (Lipinski definition) is 7. The third-order valence-corrected chi connectivity index (χ3v) is 6.33. The van der Waals surface area contributed by atoms with E-state index < -0.39 is 0 Å². The predicted octanol–water partition coefficient (Wildman–Crippen LogP) is 3.49. The summed E-state index contributed by atoms with van der Waals surface area (Å²) in [5.74, 6) is 2.86. The van der Waals surface area contributed by atoms with Gasteiger partial charge in [0.15, 0.2) is 5.78 Å². The summed E-state index contributed by atoms with van der Waals surface area (Å²) in [6, 6.07) is 16.9. The Labute approximate surface area is 209 Å². The highest BCUT2D eigenvalue weighted by atomic mass is 35.5. The van der Waals surface area contributed by atoms with Crippen LogP contribution in [-0.4, -0.2) is 69.7 Å². The molecular weight excluding hydrogens is 474 g/mol. The number of aromatic nitrogens is 2. The van der Waals surface area contributed by atoms with Crippen molar-refractivity contribution in [2.24, 2.45) is 4.99 Å². The first-order valence-electron chi connectivity index (χ1n) is 10.9. The number of carbonyl (C=O) groups excluding carboxylic acids is 1. The van der Waals surface area contributed by atoms with E-state index in [-0.39, 0.29) is 36.7 Å². The van der Waals surface area contributed by atoms with E-state index in [1.54, 1.807) is 0 Å². The number of hydrogen-bond donors (Lipinski definition) is 2. The van der Waals surface area contributed by atoms with Gasteiger partial charge in [0, 0.05) is 42.3 Å². The summed E-state index contributed by atoms with van der Waals surface area (Å²) in [6.45, 7) is 4.08. The van der Waals surface area contributed by atoms with Gasteiger partial charge >= 0.3 is 6.01 Å². The Kier molecular flexibility index (Phi) is 9.50. The fourth-order valence-electron chi connectivity index (χ4n) is 3.55. The van der Waals surface area contributed by atoms with E-state index in [4.69, 9.17) is 4.42 Å². The third-order valence-electron chi connectivity index (χ3n) is 5.39. The van der Waals surface area contributed by atoms with E-state index >= 15 is 0 Å². The lowest BCUT2D eigenvalue weighted by molar-refractivity contribution is 0.103. The Morgan fingerprint density at radius 3 is 2.62 bits per heavy atom. The molecule has 1 unspecified atom stereocenters. The summed E-state index contributed by atoms with van der Waals surface area (Å²) < 4.78 is 5.86. The molecule has 180 valence electrons. The topological polar surface area (TPSA) is 104 Å². The van der Waals surface area contributed by atoms with Gasteiger partial charge in [-0.3, -0.25) is 4.79 Å². The van der Waals surface area contributed by atoms with E-state index in [2.05, 4.69) is 25.4 Å². The molecule has 0 aliphatic carbocycles. The van der Waals surface area contributed by atoms with E-state index in [9.17, 15) is 9.90 Å². The molecule has 2 heterocycles. The number of nitrogens with zero attached hydrogens (tertiary/aromatic N) is 4. The van der Waals surface area contributed by atoms with E-state index in [0.29, 0.717) is 29.5 Å². The number of ketones is 1. The first kappa shape index (κ1) is 25.7. The summed E-state index contributed by atoms with van der Waals surface area (Å²) in [6.07, 6.45) is 0. The van der Waals surface area contributed by atoms with E-state index in [1.165, 1.54) is 0 Å². The minimum absolute atomic E-state index is 0. The van der Waals surface area contributed by atoms with Gasteiger partial charge in [0.25, 0.3) is 0 Å². The molecule has 1 aromatic heterocycles. The van der Waals surface area contributed by atoms with Gasteiger partial charge in [-0.1, -0.05) is 53.6 Å². The quantitative estimate of drug-likeness (QED) is 0.288. The lowest BCUT2D eigenvalue weighted by Gasteiger charge is -2.29. The molecule has 10 heteroatoms. The molecule has 3 aromatic rings. The average Bonchev–Trinajstić information content (AvgIpc) is 3.35. The van der Waals surface area contributed by atoms with Crippen LogP contribution in [0.4, 0.5) is 6.01 Å². The largest absolute Gasteiger partial charge is 0.406 e. The first-order valence-corrected chi connectivity index (χ1v) is 12.1. The van der Waals surface area contributed by atoms with Gasteiger partial charge in [0.2, 0.25) is 11.9 Å². The second kappa shape index (κ2) is 12.5. The molecule has 0 spiro atoms. The summed E-state index contributed by atoms with van der Waals surface area (Å²) in [4.78, 5) is 19.5. The Morgan fingerprint density at radius 1 is 1.15 bits per heavy atom. The zero-order valence-corrected chi connectivity index (χ0v) is 20.5. The average molecular weight is 502 g/mol. The predicted molar refractivity (Wildman–Crippen MR) is 136 cm³/mol. The van der Waals surface area contributed by atoms with Crippen molar-refractivity contribution in [2.45, 2.75) is 12.8 Å². The molecule has 34 heavy (non-hydrogen) atoms. The number of thioether (sulfide) groups is 1. The maximum atomic E-state index is 12.8. The highest BCUT2D eigenvalue weighted by Crippen LogP contribution is 2.26. The molecule has 0 saturated carbocycles. The Hall–Kier alpha value is -2.88. The van der Waals surface area contributed by atoms with Crippen molar-refractivity contribution in [1.29, 1.82) is 0 Å². The Bertz CT molecular complexity index is 1100.